The molecule has 4 heteroatoms. The van der Waals surface area contributed by atoms with Gasteiger partial charge < -0.3 is 9.84 Å². The van der Waals surface area contributed by atoms with Crippen LogP contribution < -0.4 is 4.74 Å². The maximum atomic E-state index is 10.6. The second-order valence-electron chi connectivity index (χ2n) is 3.25. The number of halogens is 1. The molecule has 0 bridgehead atoms. The molecule has 0 atom stereocenters. The summed E-state index contributed by atoms with van der Waals surface area (Å²) in [5.41, 5.74) is 1.53. The molecule has 0 saturated carbocycles. The summed E-state index contributed by atoms with van der Waals surface area (Å²) in [5.74, 6) is -0.254. The zero-order valence-electron chi connectivity index (χ0n) is 7.87. The summed E-state index contributed by atoms with van der Waals surface area (Å²) in [6.07, 6.45) is 1.80. The molecule has 0 aliphatic carbocycles. The molecule has 0 unspecified atom stereocenters. The number of ether oxygens (including phenoxy) is 1. The summed E-state index contributed by atoms with van der Waals surface area (Å²) < 4.78 is 5.40. The normalized spacial score (nSPS) is 17.0. The molecule has 1 aliphatic heterocycles. The molecule has 2 rings (SSSR count). The van der Waals surface area contributed by atoms with Crippen molar-refractivity contribution in [3.8, 4) is 5.75 Å². The summed E-state index contributed by atoms with van der Waals surface area (Å²) in [6, 6.07) is 5.21. The first-order valence-electron chi connectivity index (χ1n) is 4.53. The van der Waals surface area contributed by atoms with E-state index in [1.807, 2.05) is 0 Å². The van der Waals surface area contributed by atoms with Gasteiger partial charge in [-0.3, -0.25) is 0 Å². The van der Waals surface area contributed by atoms with Gasteiger partial charge in [-0.05, 0) is 23.8 Å². The van der Waals surface area contributed by atoms with E-state index in [2.05, 4.69) is 0 Å². The van der Waals surface area contributed by atoms with Gasteiger partial charge in [0, 0.05) is 23.1 Å². The predicted octanol–water partition coefficient (Wildman–Crippen LogP) is 2.59. The lowest BCUT2D eigenvalue weighted by atomic mass is 9.99. The Balaban J connectivity index is 2.49. The van der Waals surface area contributed by atoms with Gasteiger partial charge in [-0.15, -0.1) is 0 Å². The minimum absolute atomic E-state index is 0.508. The Labute approximate surface area is 91.9 Å². The van der Waals surface area contributed by atoms with E-state index >= 15 is 0 Å². The molecule has 1 aromatic carbocycles. The molecule has 15 heavy (non-hydrogen) atoms. The number of rotatable bonds is 1. The fourth-order valence-corrected chi connectivity index (χ4v) is 1.76. The van der Waals surface area contributed by atoms with Crippen LogP contribution >= 0.6 is 11.6 Å². The summed E-state index contributed by atoms with van der Waals surface area (Å²) in [5, 5.41) is 9.29. The first-order valence-corrected chi connectivity index (χ1v) is 4.91. The molecule has 3 nitrogen and oxygen atoms in total. The smallest absolute Gasteiger partial charge is 0.328 e. The first-order chi connectivity index (χ1) is 7.16. The van der Waals surface area contributed by atoms with Gasteiger partial charge in [0.2, 0.25) is 0 Å². The van der Waals surface area contributed by atoms with Gasteiger partial charge in [0.25, 0.3) is 0 Å². The van der Waals surface area contributed by atoms with Crippen molar-refractivity contribution < 1.29 is 14.6 Å². The Kier molecular flexibility index (Phi) is 2.64. The molecule has 1 N–H and O–H groups in total. The van der Waals surface area contributed by atoms with Crippen LogP contribution in [0.15, 0.2) is 24.3 Å². The van der Waals surface area contributed by atoms with Gasteiger partial charge in [0.15, 0.2) is 0 Å². The third-order valence-electron chi connectivity index (χ3n) is 2.21. The van der Waals surface area contributed by atoms with Crippen LogP contribution in [0.3, 0.4) is 0 Å². The van der Waals surface area contributed by atoms with E-state index in [0.29, 0.717) is 23.8 Å². The molecule has 0 aromatic heterocycles. The van der Waals surface area contributed by atoms with E-state index in [9.17, 15) is 4.79 Å². The summed E-state index contributed by atoms with van der Waals surface area (Å²) >= 11 is 5.85. The van der Waals surface area contributed by atoms with Crippen molar-refractivity contribution in [1.29, 1.82) is 0 Å². The predicted molar refractivity (Wildman–Crippen MR) is 57.2 cm³/mol. The van der Waals surface area contributed by atoms with Gasteiger partial charge in [-0.1, -0.05) is 11.6 Å². The lowest BCUT2D eigenvalue weighted by molar-refractivity contribution is -0.131. The van der Waals surface area contributed by atoms with Crippen molar-refractivity contribution in [2.45, 2.75) is 6.42 Å². The number of carboxylic acids is 1. The van der Waals surface area contributed by atoms with Crippen molar-refractivity contribution in [3.05, 3.63) is 34.9 Å². The van der Waals surface area contributed by atoms with Gasteiger partial charge in [-0.2, -0.15) is 0 Å². The van der Waals surface area contributed by atoms with Crippen LogP contribution in [0, 0.1) is 0 Å². The van der Waals surface area contributed by atoms with Crippen LogP contribution in [0.2, 0.25) is 5.02 Å². The van der Waals surface area contributed by atoms with E-state index in [1.54, 1.807) is 18.2 Å². The van der Waals surface area contributed by atoms with Crippen LogP contribution in [0.1, 0.15) is 12.0 Å². The second-order valence-corrected chi connectivity index (χ2v) is 3.68. The highest BCUT2D eigenvalue weighted by Gasteiger charge is 2.16. The second kappa shape index (κ2) is 3.95. The third-order valence-corrected chi connectivity index (χ3v) is 2.45. The maximum absolute atomic E-state index is 10.6. The highest BCUT2D eigenvalue weighted by Crippen LogP contribution is 2.34. The van der Waals surface area contributed by atoms with E-state index < -0.39 is 5.97 Å². The number of aliphatic carboxylic acids is 1. The standard InChI is InChI=1S/C11H9ClO3/c12-8-1-2-10-9(6-8)7(3-4-15-10)5-11(13)14/h1-2,5-6H,3-4H2,(H,13,14)/b7-5+. The molecule has 0 saturated heterocycles. The molecule has 0 amide bonds. The molecule has 1 aliphatic rings. The Morgan fingerprint density at radius 1 is 1.53 bits per heavy atom. The minimum Gasteiger partial charge on any atom is -0.493 e. The van der Waals surface area contributed by atoms with E-state index in [4.69, 9.17) is 21.4 Å². The Bertz CT molecular complexity index is 437. The van der Waals surface area contributed by atoms with Crippen LogP contribution in [0.5, 0.6) is 5.75 Å². The topological polar surface area (TPSA) is 46.5 Å². The lowest BCUT2D eigenvalue weighted by Crippen LogP contribution is -2.08. The molecule has 1 heterocycles. The molecule has 78 valence electrons. The van der Waals surface area contributed by atoms with Gasteiger partial charge in [0.1, 0.15) is 5.75 Å². The number of carbonyl (C=O) groups is 1. The van der Waals surface area contributed by atoms with Gasteiger partial charge in [0.05, 0.1) is 6.61 Å². The Morgan fingerprint density at radius 2 is 2.33 bits per heavy atom. The van der Waals surface area contributed by atoms with E-state index in [0.717, 1.165) is 11.1 Å². The number of fused-ring (bicyclic) bond motifs is 1. The number of hydrogen-bond donors (Lipinski definition) is 1. The van der Waals surface area contributed by atoms with Gasteiger partial charge in [-0.25, -0.2) is 4.79 Å². The van der Waals surface area contributed by atoms with Gasteiger partial charge >= 0.3 is 5.97 Å². The summed E-state index contributed by atoms with van der Waals surface area (Å²) in [4.78, 5) is 10.6. The minimum atomic E-state index is -0.946. The average molecular weight is 225 g/mol. The molecule has 0 spiro atoms. The van der Waals surface area contributed by atoms with Crippen LogP contribution in [0.4, 0.5) is 0 Å². The molecule has 1 aromatic rings. The highest BCUT2D eigenvalue weighted by atomic mass is 35.5. The number of benzene rings is 1. The monoisotopic (exact) mass is 224 g/mol. The van der Waals surface area contributed by atoms with E-state index in [-0.39, 0.29) is 0 Å². The summed E-state index contributed by atoms with van der Waals surface area (Å²) in [7, 11) is 0. The molecular formula is C11H9ClO3. The largest absolute Gasteiger partial charge is 0.493 e. The first kappa shape index (κ1) is 10.1. The quantitative estimate of drug-likeness (QED) is 0.746. The van der Waals surface area contributed by atoms with Crippen molar-refractivity contribution in [1.82, 2.24) is 0 Å². The Hall–Kier alpha value is -1.48. The van der Waals surface area contributed by atoms with Crippen LogP contribution in [-0.4, -0.2) is 17.7 Å². The third kappa shape index (κ3) is 2.13. The number of hydrogen-bond acceptors (Lipinski definition) is 2. The molecule has 0 radical (unpaired) electrons. The Morgan fingerprint density at radius 3 is 3.07 bits per heavy atom. The van der Waals surface area contributed by atoms with Crippen molar-refractivity contribution in [2.75, 3.05) is 6.61 Å². The molecular weight excluding hydrogens is 216 g/mol. The highest BCUT2D eigenvalue weighted by molar-refractivity contribution is 6.30. The van der Waals surface area contributed by atoms with Crippen LogP contribution in [-0.2, 0) is 4.79 Å². The average Bonchev–Trinajstić information content (AvgIpc) is 2.18. The van der Waals surface area contributed by atoms with E-state index in [1.165, 1.54) is 6.08 Å². The van der Waals surface area contributed by atoms with Crippen molar-refractivity contribution in [3.63, 3.8) is 0 Å². The van der Waals surface area contributed by atoms with Crippen LogP contribution in [0.25, 0.3) is 5.57 Å². The fraction of sp³-hybridized carbons (Fsp3) is 0.182. The zero-order valence-corrected chi connectivity index (χ0v) is 8.62. The lowest BCUT2D eigenvalue weighted by Gasteiger charge is -2.19. The molecule has 0 fully saturated rings. The summed E-state index contributed by atoms with van der Waals surface area (Å²) in [6.45, 7) is 0.508. The number of carboxylic acid groups (broad SMARTS) is 1. The van der Waals surface area contributed by atoms with Crippen molar-refractivity contribution >= 4 is 23.1 Å². The maximum Gasteiger partial charge on any atom is 0.328 e. The fourth-order valence-electron chi connectivity index (χ4n) is 1.58. The zero-order chi connectivity index (χ0) is 10.8. The van der Waals surface area contributed by atoms with Crippen molar-refractivity contribution in [2.24, 2.45) is 0 Å². The SMILES string of the molecule is O=C(O)/C=C1\CCOc2ccc(Cl)cc21.